The fourth-order valence-electron chi connectivity index (χ4n) is 4.91. The van der Waals surface area contributed by atoms with Gasteiger partial charge in [-0.05, 0) is 54.7 Å². The Bertz CT molecular complexity index is 1190. The molecule has 4 rings (SSSR count). The van der Waals surface area contributed by atoms with Crippen LogP contribution in [0.4, 0.5) is 5.69 Å². The summed E-state index contributed by atoms with van der Waals surface area (Å²) in [5.41, 5.74) is 5.32. The van der Waals surface area contributed by atoms with Crippen LogP contribution in [0.3, 0.4) is 0 Å². The van der Waals surface area contributed by atoms with Gasteiger partial charge in [-0.1, -0.05) is 18.2 Å². The summed E-state index contributed by atoms with van der Waals surface area (Å²) in [6, 6.07) is 13.2. The minimum absolute atomic E-state index is 0.00841. The molecule has 2 unspecified atom stereocenters. The zero-order valence-electron chi connectivity index (χ0n) is 20.1. The Labute approximate surface area is 199 Å². The second kappa shape index (κ2) is 9.25. The fourth-order valence-corrected chi connectivity index (χ4v) is 4.91. The number of allylic oxidation sites excluding steroid dienone is 3. The highest BCUT2D eigenvalue weighted by Gasteiger charge is 2.41. The lowest BCUT2D eigenvalue weighted by molar-refractivity contribution is -0.136. The van der Waals surface area contributed by atoms with E-state index in [1.54, 1.807) is 12.1 Å². The second-order valence-electron chi connectivity index (χ2n) is 8.93. The number of esters is 1. The van der Waals surface area contributed by atoms with Crippen molar-refractivity contribution in [2.45, 2.75) is 31.6 Å². The molecule has 0 spiro atoms. The molecular weight excluding hydrogens is 432 g/mol. The van der Waals surface area contributed by atoms with Gasteiger partial charge in [0.2, 0.25) is 0 Å². The third kappa shape index (κ3) is 4.14. The van der Waals surface area contributed by atoms with Crippen molar-refractivity contribution in [3.63, 3.8) is 0 Å². The first-order chi connectivity index (χ1) is 16.2. The number of hydrogen-bond donors (Lipinski definition) is 2. The summed E-state index contributed by atoms with van der Waals surface area (Å²) >= 11 is 0. The molecule has 7 nitrogen and oxygen atoms in total. The molecule has 0 saturated heterocycles. The molecule has 1 aliphatic heterocycles. The van der Waals surface area contributed by atoms with Crippen LogP contribution < -0.4 is 15.0 Å². The number of hydrogen-bond acceptors (Lipinski definition) is 7. The molecule has 0 fully saturated rings. The van der Waals surface area contributed by atoms with Crippen molar-refractivity contribution in [3.8, 4) is 11.5 Å². The van der Waals surface area contributed by atoms with E-state index in [4.69, 9.17) is 9.47 Å². The van der Waals surface area contributed by atoms with Crippen molar-refractivity contribution in [1.82, 2.24) is 5.32 Å². The molecule has 2 aromatic carbocycles. The second-order valence-corrected chi connectivity index (χ2v) is 8.93. The Morgan fingerprint density at radius 2 is 1.74 bits per heavy atom. The molecule has 2 aliphatic rings. The number of phenols is 1. The Kier molecular flexibility index (Phi) is 6.37. The standard InChI is InChI=1S/C27H30N2O5/c1-15-24(27(32)34-5)25(17-8-11-21(30)23(14-17)33-4)26-20(28-15)12-18(13-22(26)31)16-6-9-19(10-7-16)29(2)3/h6-11,14,18,25,28,30H,12-13H2,1-5H3. The zero-order chi connectivity index (χ0) is 24.6. The number of nitrogens with zero attached hydrogens (tertiary/aromatic N) is 1. The number of rotatable bonds is 5. The molecule has 1 aliphatic carbocycles. The van der Waals surface area contributed by atoms with E-state index in [0.29, 0.717) is 35.2 Å². The topological polar surface area (TPSA) is 88.1 Å². The van der Waals surface area contributed by atoms with Crippen molar-refractivity contribution in [1.29, 1.82) is 0 Å². The van der Waals surface area contributed by atoms with Gasteiger partial charge in [0.1, 0.15) is 0 Å². The lowest BCUT2D eigenvalue weighted by Crippen LogP contribution is -2.36. The number of methoxy groups -OCH3 is 2. The van der Waals surface area contributed by atoms with Crippen LogP contribution in [0.15, 0.2) is 65.0 Å². The number of ketones is 1. The van der Waals surface area contributed by atoms with Gasteiger partial charge in [-0.15, -0.1) is 0 Å². The van der Waals surface area contributed by atoms with Gasteiger partial charge in [-0.3, -0.25) is 4.79 Å². The summed E-state index contributed by atoms with van der Waals surface area (Å²) in [5.74, 6) is -0.808. The molecule has 34 heavy (non-hydrogen) atoms. The summed E-state index contributed by atoms with van der Waals surface area (Å²) < 4.78 is 10.4. The molecular formula is C27H30N2O5. The third-order valence-electron chi connectivity index (χ3n) is 6.65. The Morgan fingerprint density at radius 3 is 2.35 bits per heavy atom. The molecule has 0 bridgehead atoms. The lowest BCUT2D eigenvalue weighted by Gasteiger charge is -2.36. The van der Waals surface area contributed by atoms with Crippen LogP contribution in [-0.2, 0) is 14.3 Å². The quantitative estimate of drug-likeness (QED) is 0.650. The van der Waals surface area contributed by atoms with E-state index in [2.05, 4.69) is 29.6 Å². The number of aromatic hydroxyl groups is 1. The van der Waals surface area contributed by atoms with Gasteiger partial charge in [0.05, 0.1) is 19.8 Å². The zero-order valence-corrected chi connectivity index (χ0v) is 20.1. The molecule has 0 aromatic heterocycles. The number of benzene rings is 2. The number of carbonyl (C=O) groups is 2. The van der Waals surface area contributed by atoms with Gasteiger partial charge in [-0.2, -0.15) is 0 Å². The maximum Gasteiger partial charge on any atom is 0.336 e. The number of phenolic OH excluding ortho intramolecular Hbond substituents is 1. The van der Waals surface area contributed by atoms with Gasteiger partial charge in [0.15, 0.2) is 17.3 Å². The molecule has 0 saturated carbocycles. The van der Waals surface area contributed by atoms with Crippen molar-refractivity contribution < 1.29 is 24.2 Å². The number of nitrogens with one attached hydrogen (secondary N) is 1. The number of dihydropyridines is 1. The summed E-state index contributed by atoms with van der Waals surface area (Å²) in [6.45, 7) is 1.82. The lowest BCUT2D eigenvalue weighted by atomic mass is 9.71. The van der Waals surface area contributed by atoms with E-state index < -0.39 is 11.9 Å². The highest BCUT2D eigenvalue weighted by atomic mass is 16.5. The first-order valence-electron chi connectivity index (χ1n) is 11.2. The minimum atomic E-state index is -0.609. The molecule has 2 N–H and O–H groups in total. The molecule has 178 valence electrons. The van der Waals surface area contributed by atoms with Crippen LogP contribution in [0.5, 0.6) is 11.5 Å². The van der Waals surface area contributed by atoms with Crippen molar-refractivity contribution in [2.24, 2.45) is 0 Å². The number of ether oxygens (including phenoxy) is 2. The molecule has 0 radical (unpaired) electrons. The molecule has 7 heteroatoms. The van der Waals surface area contributed by atoms with Crippen LogP contribution in [0, 0.1) is 0 Å². The number of carbonyl (C=O) groups excluding carboxylic acids is 2. The van der Waals surface area contributed by atoms with Crippen LogP contribution in [-0.4, -0.2) is 45.2 Å². The summed E-state index contributed by atoms with van der Waals surface area (Å²) in [6.07, 6.45) is 1.00. The maximum atomic E-state index is 13.6. The summed E-state index contributed by atoms with van der Waals surface area (Å²) in [7, 11) is 6.78. The minimum Gasteiger partial charge on any atom is -0.504 e. The molecule has 2 aromatic rings. The first kappa shape index (κ1) is 23.4. The Morgan fingerprint density at radius 1 is 1.06 bits per heavy atom. The normalized spacial score (nSPS) is 20.0. The predicted octanol–water partition coefficient (Wildman–Crippen LogP) is 4.00. The van der Waals surface area contributed by atoms with E-state index in [0.717, 1.165) is 16.9 Å². The Hall–Kier alpha value is -3.74. The van der Waals surface area contributed by atoms with Crippen molar-refractivity contribution in [2.75, 3.05) is 33.2 Å². The summed E-state index contributed by atoms with van der Waals surface area (Å²) in [5, 5.41) is 13.4. The first-order valence-corrected chi connectivity index (χ1v) is 11.2. The maximum absolute atomic E-state index is 13.6. The molecule has 0 amide bonds. The van der Waals surface area contributed by atoms with E-state index in [9.17, 15) is 14.7 Å². The van der Waals surface area contributed by atoms with Gasteiger partial charge in [-0.25, -0.2) is 4.79 Å². The summed E-state index contributed by atoms with van der Waals surface area (Å²) in [4.78, 5) is 28.4. The number of Topliss-reactive ketones (excluding diaryl/α,β-unsaturated/α-hetero) is 1. The van der Waals surface area contributed by atoms with Crippen LogP contribution in [0.2, 0.25) is 0 Å². The molecule has 1 heterocycles. The monoisotopic (exact) mass is 462 g/mol. The van der Waals surface area contributed by atoms with Crippen LogP contribution in [0.1, 0.15) is 42.7 Å². The highest BCUT2D eigenvalue weighted by Crippen LogP contribution is 2.46. The van der Waals surface area contributed by atoms with Crippen LogP contribution in [0.25, 0.3) is 0 Å². The van der Waals surface area contributed by atoms with Gasteiger partial charge < -0.3 is 24.8 Å². The van der Waals surface area contributed by atoms with Crippen molar-refractivity contribution >= 4 is 17.4 Å². The van der Waals surface area contributed by atoms with Crippen LogP contribution >= 0.6 is 0 Å². The SMILES string of the molecule is COC(=O)C1=C(C)NC2=C(C(=O)CC(c3ccc(N(C)C)cc3)C2)C1c1ccc(O)c(OC)c1. The highest BCUT2D eigenvalue weighted by molar-refractivity contribution is 6.04. The van der Waals surface area contributed by atoms with Gasteiger partial charge in [0, 0.05) is 49.1 Å². The van der Waals surface area contributed by atoms with Gasteiger partial charge in [0.25, 0.3) is 0 Å². The average molecular weight is 463 g/mol. The number of anilines is 1. The van der Waals surface area contributed by atoms with Gasteiger partial charge >= 0.3 is 5.97 Å². The predicted molar refractivity (Wildman–Crippen MR) is 130 cm³/mol. The average Bonchev–Trinajstić information content (AvgIpc) is 2.83. The van der Waals surface area contributed by atoms with E-state index in [1.807, 2.05) is 25.9 Å². The molecule has 2 atom stereocenters. The van der Waals surface area contributed by atoms with E-state index >= 15 is 0 Å². The van der Waals surface area contributed by atoms with E-state index in [1.165, 1.54) is 20.3 Å². The fraction of sp³-hybridized carbons (Fsp3) is 0.333. The largest absolute Gasteiger partial charge is 0.504 e. The Balaban J connectivity index is 1.78. The third-order valence-corrected chi connectivity index (χ3v) is 6.65. The smallest absolute Gasteiger partial charge is 0.336 e. The van der Waals surface area contributed by atoms with Crippen molar-refractivity contribution in [3.05, 3.63) is 76.1 Å². The van der Waals surface area contributed by atoms with E-state index in [-0.39, 0.29) is 23.2 Å².